The van der Waals surface area contributed by atoms with Crippen LogP contribution in [0.15, 0.2) is 6.20 Å². The number of aromatic nitrogens is 2. The molecule has 0 saturated carbocycles. The van der Waals surface area contributed by atoms with E-state index < -0.39 is 0 Å². The molecule has 1 aromatic heterocycles. The van der Waals surface area contributed by atoms with Gasteiger partial charge in [-0.15, -0.1) is 0 Å². The second-order valence-corrected chi connectivity index (χ2v) is 5.31. The minimum Gasteiger partial charge on any atom is -0.467 e. The third-order valence-electron chi connectivity index (χ3n) is 2.89. The zero-order valence-corrected chi connectivity index (χ0v) is 13.0. The first kappa shape index (κ1) is 16.0. The molecule has 6 heteroatoms. The highest BCUT2D eigenvalue weighted by atomic mass is 35.5. The Balaban J connectivity index is 2.57. The number of hydrogen-bond donors (Lipinski definition) is 1. The molecule has 0 aliphatic heterocycles. The molecule has 0 bridgehead atoms. The van der Waals surface area contributed by atoms with E-state index >= 15 is 0 Å². The molecule has 19 heavy (non-hydrogen) atoms. The Bertz CT molecular complexity index is 390. The van der Waals surface area contributed by atoms with E-state index in [0.29, 0.717) is 28.9 Å². The normalized spacial score (nSPS) is 11.4. The van der Waals surface area contributed by atoms with Gasteiger partial charge < -0.3 is 10.1 Å². The molecule has 1 rings (SSSR count). The molecule has 0 unspecified atom stereocenters. The molecule has 0 atom stereocenters. The predicted octanol–water partition coefficient (Wildman–Crippen LogP) is 2.67. The second-order valence-electron chi connectivity index (χ2n) is 4.91. The van der Waals surface area contributed by atoms with Crippen LogP contribution in [0.25, 0.3) is 0 Å². The topological polar surface area (TPSA) is 50.3 Å². The van der Waals surface area contributed by atoms with E-state index in [1.54, 1.807) is 6.20 Å². The standard InChI is InChI=1S/C13H23ClN4O/c1-9(2)18(10(3)4)7-6-15-12-11(14)8-16-13(17-12)19-5/h8-10H,6-7H2,1-5H3,(H,15,16,17). The van der Waals surface area contributed by atoms with Crippen molar-refractivity contribution >= 4 is 17.4 Å². The Morgan fingerprint density at radius 1 is 1.32 bits per heavy atom. The quantitative estimate of drug-likeness (QED) is 0.835. The molecule has 1 heterocycles. The minimum absolute atomic E-state index is 0.316. The molecule has 0 spiro atoms. The van der Waals surface area contributed by atoms with Gasteiger partial charge in [0.1, 0.15) is 5.02 Å². The summed E-state index contributed by atoms with van der Waals surface area (Å²) in [5.74, 6) is 0.612. The summed E-state index contributed by atoms with van der Waals surface area (Å²) < 4.78 is 4.98. The van der Waals surface area contributed by atoms with Gasteiger partial charge in [-0.25, -0.2) is 4.98 Å². The molecule has 5 nitrogen and oxygen atoms in total. The number of anilines is 1. The lowest BCUT2D eigenvalue weighted by Gasteiger charge is -2.30. The van der Waals surface area contributed by atoms with Crippen LogP contribution in [0.5, 0.6) is 6.01 Å². The van der Waals surface area contributed by atoms with Crippen LogP contribution in [0.2, 0.25) is 5.02 Å². The molecule has 0 aromatic carbocycles. The van der Waals surface area contributed by atoms with Crippen molar-refractivity contribution in [1.29, 1.82) is 0 Å². The monoisotopic (exact) mass is 286 g/mol. The van der Waals surface area contributed by atoms with Crippen LogP contribution in [0.1, 0.15) is 27.7 Å². The largest absolute Gasteiger partial charge is 0.467 e. The summed E-state index contributed by atoms with van der Waals surface area (Å²) in [7, 11) is 1.53. The summed E-state index contributed by atoms with van der Waals surface area (Å²) in [4.78, 5) is 10.5. The average molecular weight is 287 g/mol. The third kappa shape index (κ3) is 4.84. The predicted molar refractivity (Wildman–Crippen MR) is 79.1 cm³/mol. The number of methoxy groups -OCH3 is 1. The van der Waals surface area contributed by atoms with Crippen LogP contribution in [0, 0.1) is 0 Å². The average Bonchev–Trinajstić information content (AvgIpc) is 2.35. The number of ether oxygens (including phenoxy) is 1. The molecule has 0 radical (unpaired) electrons. The van der Waals surface area contributed by atoms with Gasteiger partial charge in [0.15, 0.2) is 5.82 Å². The summed E-state index contributed by atoms with van der Waals surface area (Å²) >= 11 is 6.04. The minimum atomic E-state index is 0.316. The van der Waals surface area contributed by atoms with Gasteiger partial charge in [-0.2, -0.15) is 4.98 Å². The molecule has 108 valence electrons. The van der Waals surface area contributed by atoms with E-state index in [0.717, 1.165) is 13.1 Å². The summed E-state index contributed by atoms with van der Waals surface area (Å²) in [5, 5.41) is 3.72. The second kappa shape index (κ2) is 7.50. The smallest absolute Gasteiger partial charge is 0.318 e. The van der Waals surface area contributed by atoms with Crippen LogP contribution < -0.4 is 10.1 Å². The van der Waals surface area contributed by atoms with E-state index in [2.05, 4.69) is 47.9 Å². The van der Waals surface area contributed by atoms with Crippen molar-refractivity contribution in [3.05, 3.63) is 11.2 Å². The Morgan fingerprint density at radius 2 is 1.95 bits per heavy atom. The first-order valence-electron chi connectivity index (χ1n) is 6.51. The molecule has 0 aliphatic rings. The van der Waals surface area contributed by atoms with E-state index in [1.165, 1.54) is 7.11 Å². The highest BCUT2D eigenvalue weighted by Gasteiger charge is 2.13. The van der Waals surface area contributed by atoms with Gasteiger partial charge in [0.2, 0.25) is 0 Å². The van der Waals surface area contributed by atoms with Crippen molar-refractivity contribution < 1.29 is 4.74 Å². The molecular weight excluding hydrogens is 264 g/mol. The van der Waals surface area contributed by atoms with Gasteiger partial charge in [0, 0.05) is 25.2 Å². The van der Waals surface area contributed by atoms with Gasteiger partial charge in [-0.3, -0.25) is 4.90 Å². The summed E-state index contributed by atoms with van der Waals surface area (Å²) in [6.45, 7) is 10.5. The number of halogens is 1. The fraction of sp³-hybridized carbons (Fsp3) is 0.692. The fourth-order valence-corrected chi connectivity index (χ4v) is 2.15. The summed E-state index contributed by atoms with van der Waals surface area (Å²) in [6, 6.07) is 1.34. The molecule has 1 aromatic rings. The lowest BCUT2D eigenvalue weighted by atomic mass is 10.2. The van der Waals surface area contributed by atoms with E-state index in [1.807, 2.05) is 0 Å². The van der Waals surface area contributed by atoms with Crippen molar-refractivity contribution in [2.45, 2.75) is 39.8 Å². The summed E-state index contributed by atoms with van der Waals surface area (Å²) in [5.41, 5.74) is 0. The molecule has 1 N–H and O–H groups in total. The molecule has 0 amide bonds. The Hall–Kier alpha value is -1.07. The zero-order chi connectivity index (χ0) is 14.4. The lowest BCUT2D eigenvalue weighted by molar-refractivity contribution is 0.182. The van der Waals surface area contributed by atoms with Crippen LogP contribution in [-0.2, 0) is 0 Å². The first-order chi connectivity index (χ1) is 8.95. The highest BCUT2D eigenvalue weighted by molar-refractivity contribution is 6.32. The number of nitrogens with one attached hydrogen (secondary N) is 1. The highest BCUT2D eigenvalue weighted by Crippen LogP contribution is 2.19. The third-order valence-corrected chi connectivity index (χ3v) is 3.17. The van der Waals surface area contributed by atoms with Gasteiger partial charge >= 0.3 is 6.01 Å². The van der Waals surface area contributed by atoms with Gasteiger partial charge in [-0.05, 0) is 27.7 Å². The molecular formula is C13H23ClN4O. The van der Waals surface area contributed by atoms with Crippen molar-refractivity contribution in [2.75, 3.05) is 25.5 Å². The van der Waals surface area contributed by atoms with Crippen LogP contribution in [0.4, 0.5) is 5.82 Å². The van der Waals surface area contributed by atoms with Crippen LogP contribution >= 0.6 is 11.6 Å². The van der Waals surface area contributed by atoms with Crippen molar-refractivity contribution in [3.63, 3.8) is 0 Å². The number of rotatable bonds is 7. The van der Waals surface area contributed by atoms with E-state index in [4.69, 9.17) is 16.3 Å². The Kier molecular flexibility index (Phi) is 6.31. The van der Waals surface area contributed by atoms with Gasteiger partial charge in [0.05, 0.1) is 13.3 Å². The summed E-state index contributed by atoms with van der Waals surface area (Å²) in [6.07, 6.45) is 1.54. The Labute approximate surface area is 120 Å². The van der Waals surface area contributed by atoms with Crippen molar-refractivity contribution in [2.24, 2.45) is 0 Å². The van der Waals surface area contributed by atoms with Crippen molar-refractivity contribution in [3.8, 4) is 6.01 Å². The van der Waals surface area contributed by atoms with Crippen molar-refractivity contribution in [1.82, 2.24) is 14.9 Å². The SMILES string of the molecule is COc1ncc(Cl)c(NCCN(C(C)C)C(C)C)n1. The first-order valence-corrected chi connectivity index (χ1v) is 6.89. The van der Waals surface area contributed by atoms with Crippen LogP contribution in [-0.4, -0.2) is 47.2 Å². The maximum absolute atomic E-state index is 6.04. The zero-order valence-electron chi connectivity index (χ0n) is 12.3. The van der Waals surface area contributed by atoms with Gasteiger partial charge in [0.25, 0.3) is 0 Å². The molecule has 0 aliphatic carbocycles. The fourth-order valence-electron chi connectivity index (χ4n) is 1.99. The Morgan fingerprint density at radius 3 is 2.47 bits per heavy atom. The van der Waals surface area contributed by atoms with E-state index in [-0.39, 0.29) is 0 Å². The maximum atomic E-state index is 6.04. The lowest BCUT2D eigenvalue weighted by Crippen LogP contribution is -2.40. The van der Waals surface area contributed by atoms with Crippen LogP contribution in [0.3, 0.4) is 0 Å². The van der Waals surface area contributed by atoms with Gasteiger partial charge in [-0.1, -0.05) is 11.6 Å². The van der Waals surface area contributed by atoms with E-state index in [9.17, 15) is 0 Å². The maximum Gasteiger partial charge on any atom is 0.318 e. The number of nitrogens with zero attached hydrogens (tertiary/aromatic N) is 3. The molecule has 0 fully saturated rings. The molecule has 0 saturated heterocycles. The number of hydrogen-bond acceptors (Lipinski definition) is 5.